The Balaban J connectivity index is 2.56. The molecule has 0 aliphatic heterocycles. The Morgan fingerprint density at radius 1 is 1.47 bits per heavy atom. The number of carbonyl (C=O) groups is 1. The van der Waals surface area contributed by atoms with E-state index in [1.807, 2.05) is 0 Å². The maximum atomic E-state index is 11.4. The van der Waals surface area contributed by atoms with Gasteiger partial charge in [-0.1, -0.05) is 0 Å². The molecule has 0 atom stereocenters. The number of unbranched alkanes of at least 4 members (excludes halogenated alkanes) is 2. The molecule has 0 bridgehead atoms. The second-order valence-electron chi connectivity index (χ2n) is 4.20. The molecule has 0 fully saturated rings. The van der Waals surface area contributed by atoms with E-state index >= 15 is 0 Å². The third-order valence-electron chi connectivity index (χ3n) is 2.69. The fourth-order valence-electron chi connectivity index (χ4n) is 1.69. The molecule has 1 aromatic rings. The lowest BCUT2D eigenvalue weighted by Gasteiger charge is -2.04. The number of Topliss-reactive ketones (excluding diaryl/α,β-unsaturated/α-hetero) is 1. The van der Waals surface area contributed by atoms with Crippen LogP contribution in [0.2, 0.25) is 0 Å². The second kappa shape index (κ2) is 7.77. The molecule has 0 radical (unpaired) electrons. The summed E-state index contributed by atoms with van der Waals surface area (Å²) in [5.41, 5.74) is 6.47. The Morgan fingerprint density at radius 3 is 2.79 bits per heavy atom. The van der Waals surface area contributed by atoms with E-state index in [4.69, 9.17) is 15.7 Å². The Labute approximate surface area is 117 Å². The fraction of sp³-hybridized carbons (Fsp3) is 0.538. The van der Waals surface area contributed by atoms with Gasteiger partial charge in [-0.2, -0.15) is 5.26 Å². The second-order valence-corrected chi connectivity index (χ2v) is 5.22. The highest BCUT2D eigenvalue weighted by atomic mass is 32.1. The maximum Gasteiger partial charge on any atom is 0.171 e. The zero-order valence-corrected chi connectivity index (χ0v) is 12.1. The van der Waals surface area contributed by atoms with Crippen LogP contribution >= 0.6 is 11.3 Å². The summed E-state index contributed by atoms with van der Waals surface area (Å²) in [6.07, 6.45) is 3.07. The van der Waals surface area contributed by atoms with Crippen molar-refractivity contribution in [3.8, 4) is 6.07 Å². The standard InChI is InChI=1S/C13H19N3O2S/c1-9(17)12-11(15)10(8-14)13(19-12)16-6-4-3-5-7-18-2/h16H,3-7,15H2,1-2H3. The van der Waals surface area contributed by atoms with Crippen LogP contribution in [-0.2, 0) is 4.74 Å². The first kappa shape index (κ1) is 15.5. The van der Waals surface area contributed by atoms with Crippen molar-refractivity contribution in [3.05, 3.63) is 10.4 Å². The van der Waals surface area contributed by atoms with Crippen molar-refractivity contribution in [2.75, 3.05) is 31.3 Å². The molecule has 19 heavy (non-hydrogen) atoms. The largest absolute Gasteiger partial charge is 0.396 e. The average molecular weight is 281 g/mol. The molecular formula is C13H19N3O2S. The number of nitrogens with one attached hydrogen (secondary N) is 1. The summed E-state index contributed by atoms with van der Waals surface area (Å²) in [6.45, 7) is 2.98. The van der Waals surface area contributed by atoms with E-state index < -0.39 is 0 Å². The van der Waals surface area contributed by atoms with Crippen LogP contribution in [0.5, 0.6) is 0 Å². The number of hydrogen-bond donors (Lipinski definition) is 2. The number of methoxy groups -OCH3 is 1. The number of nitrogens with two attached hydrogens (primary N) is 1. The molecule has 5 nitrogen and oxygen atoms in total. The topological polar surface area (TPSA) is 88.1 Å². The highest BCUT2D eigenvalue weighted by Crippen LogP contribution is 2.35. The van der Waals surface area contributed by atoms with Gasteiger partial charge < -0.3 is 15.8 Å². The number of carbonyl (C=O) groups excluding carboxylic acids is 1. The third kappa shape index (κ3) is 4.23. The van der Waals surface area contributed by atoms with Gasteiger partial charge >= 0.3 is 0 Å². The first-order valence-corrected chi connectivity index (χ1v) is 6.99. The SMILES string of the molecule is COCCCCCNc1sc(C(C)=O)c(N)c1C#N. The van der Waals surface area contributed by atoms with Gasteiger partial charge in [0.15, 0.2) is 5.78 Å². The van der Waals surface area contributed by atoms with Gasteiger partial charge in [0, 0.05) is 27.2 Å². The summed E-state index contributed by atoms with van der Waals surface area (Å²) >= 11 is 1.25. The zero-order valence-electron chi connectivity index (χ0n) is 11.3. The summed E-state index contributed by atoms with van der Waals surface area (Å²) in [7, 11) is 1.69. The minimum atomic E-state index is -0.104. The normalized spacial score (nSPS) is 10.2. The van der Waals surface area contributed by atoms with E-state index in [0.717, 1.165) is 32.4 Å². The van der Waals surface area contributed by atoms with Crippen molar-refractivity contribution in [1.29, 1.82) is 5.26 Å². The van der Waals surface area contributed by atoms with E-state index in [1.54, 1.807) is 7.11 Å². The number of nitrogen functional groups attached to an aromatic ring is 1. The predicted octanol–water partition coefficient (Wildman–Crippen LogP) is 2.63. The molecule has 6 heteroatoms. The van der Waals surface area contributed by atoms with E-state index in [2.05, 4.69) is 11.4 Å². The lowest BCUT2D eigenvalue weighted by molar-refractivity contribution is 0.102. The Hall–Kier alpha value is -1.58. The minimum absolute atomic E-state index is 0.104. The smallest absolute Gasteiger partial charge is 0.171 e. The van der Waals surface area contributed by atoms with Crippen LogP contribution in [0.4, 0.5) is 10.7 Å². The summed E-state index contributed by atoms with van der Waals surface area (Å²) in [6, 6.07) is 2.05. The van der Waals surface area contributed by atoms with Crippen LogP contribution < -0.4 is 11.1 Å². The number of hydrogen-bond acceptors (Lipinski definition) is 6. The minimum Gasteiger partial charge on any atom is -0.396 e. The van der Waals surface area contributed by atoms with Gasteiger partial charge in [-0.3, -0.25) is 4.79 Å². The average Bonchev–Trinajstić information content (AvgIpc) is 2.70. The monoisotopic (exact) mass is 281 g/mol. The molecule has 0 aliphatic carbocycles. The van der Waals surface area contributed by atoms with Gasteiger partial charge in [0.05, 0.1) is 10.6 Å². The highest BCUT2D eigenvalue weighted by Gasteiger charge is 2.18. The fourth-order valence-corrected chi connectivity index (χ4v) is 2.68. The third-order valence-corrected chi connectivity index (χ3v) is 3.95. The van der Waals surface area contributed by atoms with Crippen LogP contribution in [0.25, 0.3) is 0 Å². The molecule has 0 aromatic carbocycles. The van der Waals surface area contributed by atoms with E-state index in [0.29, 0.717) is 21.1 Å². The molecule has 0 saturated heterocycles. The number of nitriles is 1. The lowest BCUT2D eigenvalue weighted by Crippen LogP contribution is -2.02. The summed E-state index contributed by atoms with van der Waals surface area (Å²) in [5.74, 6) is -0.104. The first-order chi connectivity index (χ1) is 9.11. The van der Waals surface area contributed by atoms with E-state index in [1.165, 1.54) is 18.3 Å². The van der Waals surface area contributed by atoms with Crippen LogP contribution in [0.3, 0.4) is 0 Å². The first-order valence-electron chi connectivity index (χ1n) is 6.18. The molecule has 1 aromatic heterocycles. The molecule has 0 saturated carbocycles. The lowest BCUT2D eigenvalue weighted by atomic mass is 10.2. The Morgan fingerprint density at radius 2 is 2.21 bits per heavy atom. The van der Waals surface area contributed by atoms with Crippen molar-refractivity contribution in [2.24, 2.45) is 0 Å². The van der Waals surface area contributed by atoms with Crippen LogP contribution in [0.1, 0.15) is 41.4 Å². The summed E-state index contributed by atoms with van der Waals surface area (Å²) < 4.78 is 4.97. The van der Waals surface area contributed by atoms with Crippen molar-refractivity contribution >= 4 is 27.8 Å². The summed E-state index contributed by atoms with van der Waals surface area (Å²) in [5, 5.41) is 12.9. The molecule has 0 spiro atoms. The zero-order chi connectivity index (χ0) is 14.3. The van der Waals surface area contributed by atoms with Gasteiger partial charge in [-0.05, 0) is 19.3 Å². The maximum absolute atomic E-state index is 11.4. The number of ketones is 1. The molecule has 3 N–H and O–H groups in total. The van der Waals surface area contributed by atoms with Gasteiger partial charge in [0.25, 0.3) is 0 Å². The van der Waals surface area contributed by atoms with Crippen molar-refractivity contribution in [3.63, 3.8) is 0 Å². The molecule has 1 heterocycles. The van der Waals surface area contributed by atoms with Crippen molar-refractivity contribution < 1.29 is 9.53 Å². The molecule has 0 unspecified atom stereocenters. The number of ether oxygens (including phenoxy) is 1. The van der Waals surface area contributed by atoms with Gasteiger partial charge in [0.2, 0.25) is 0 Å². The number of thiophene rings is 1. The molecule has 0 amide bonds. The van der Waals surface area contributed by atoms with Gasteiger partial charge in [0.1, 0.15) is 16.6 Å². The van der Waals surface area contributed by atoms with Crippen LogP contribution in [-0.4, -0.2) is 26.0 Å². The Kier molecular flexibility index (Phi) is 6.33. The van der Waals surface area contributed by atoms with Gasteiger partial charge in [-0.15, -0.1) is 11.3 Å². The quantitative estimate of drug-likeness (QED) is 0.565. The number of rotatable bonds is 8. The van der Waals surface area contributed by atoms with Crippen molar-refractivity contribution in [1.82, 2.24) is 0 Å². The van der Waals surface area contributed by atoms with Crippen LogP contribution in [0.15, 0.2) is 0 Å². The summed E-state index contributed by atoms with van der Waals surface area (Å²) in [4.78, 5) is 11.8. The Bertz CT molecular complexity index is 477. The molecule has 1 rings (SSSR count). The van der Waals surface area contributed by atoms with Gasteiger partial charge in [-0.25, -0.2) is 0 Å². The molecule has 104 valence electrons. The number of anilines is 2. The highest BCUT2D eigenvalue weighted by molar-refractivity contribution is 7.18. The number of nitrogens with zero attached hydrogens (tertiary/aromatic N) is 1. The van der Waals surface area contributed by atoms with Crippen molar-refractivity contribution in [2.45, 2.75) is 26.2 Å². The van der Waals surface area contributed by atoms with E-state index in [-0.39, 0.29) is 5.78 Å². The predicted molar refractivity (Wildman–Crippen MR) is 77.7 cm³/mol. The molecule has 0 aliphatic rings. The van der Waals surface area contributed by atoms with E-state index in [9.17, 15) is 4.79 Å². The van der Waals surface area contributed by atoms with Crippen LogP contribution in [0, 0.1) is 11.3 Å². The molecular weight excluding hydrogens is 262 g/mol.